The van der Waals surface area contributed by atoms with Gasteiger partial charge in [0.25, 0.3) is 5.91 Å². The first-order valence-corrected chi connectivity index (χ1v) is 17.2. The fourth-order valence-corrected chi connectivity index (χ4v) is 6.59. The molecule has 2 aromatic heterocycles. The van der Waals surface area contributed by atoms with E-state index in [1.165, 1.54) is 12.1 Å². The van der Waals surface area contributed by atoms with Gasteiger partial charge in [0.2, 0.25) is 5.82 Å². The van der Waals surface area contributed by atoms with Crippen molar-refractivity contribution in [2.24, 2.45) is 0 Å². The molecule has 274 valence electrons. The second-order valence-corrected chi connectivity index (χ2v) is 12.6. The zero-order chi connectivity index (χ0) is 36.1. The Kier molecular flexibility index (Phi) is 13.5. The molecule has 0 saturated carbocycles. The van der Waals surface area contributed by atoms with Crippen LogP contribution < -0.4 is 10.6 Å². The van der Waals surface area contributed by atoms with Crippen molar-refractivity contribution in [2.75, 3.05) is 72.4 Å². The number of rotatable bonds is 18. The van der Waals surface area contributed by atoms with Gasteiger partial charge in [0.05, 0.1) is 45.3 Å². The van der Waals surface area contributed by atoms with Crippen molar-refractivity contribution < 1.29 is 46.6 Å². The summed E-state index contributed by atoms with van der Waals surface area (Å²) < 4.78 is 59.9. The first-order chi connectivity index (χ1) is 24.6. The Bertz CT molecular complexity index is 1700. The van der Waals surface area contributed by atoms with E-state index < -0.39 is 23.6 Å². The third-order valence-corrected chi connectivity index (χ3v) is 9.39. The molecule has 1 fully saturated rings. The highest BCUT2D eigenvalue weighted by atomic mass is 32.1. The monoisotopic (exact) mass is 732 g/mol. The molecule has 0 bridgehead atoms. The number of hydrogen-bond donors (Lipinski definition) is 3. The number of nitrogens with one attached hydrogen (secondary N) is 2. The number of halogens is 3. The van der Waals surface area contributed by atoms with Gasteiger partial charge < -0.3 is 39.4 Å². The number of likely N-dealkylation sites (tertiary alicyclic amines) is 1. The maximum atomic E-state index is 13.4. The van der Waals surface area contributed by atoms with E-state index in [9.17, 15) is 22.8 Å². The third-order valence-electron chi connectivity index (χ3n) is 8.30. The predicted molar refractivity (Wildman–Crippen MR) is 180 cm³/mol. The Labute approximate surface area is 296 Å². The molecular weight excluding hydrogens is 693 g/mol. The Balaban J connectivity index is 1.14. The lowest BCUT2D eigenvalue weighted by molar-refractivity contribution is -0.159. The molecule has 13 nitrogen and oxygen atoms in total. The summed E-state index contributed by atoms with van der Waals surface area (Å²) in [7, 11) is 0. The van der Waals surface area contributed by atoms with Crippen LogP contribution in [0, 0.1) is 0 Å². The number of alkyl halides is 3. The lowest BCUT2D eigenvalue weighted by Crippen LogP contribution is -2.49. The number of carbonyl (C=O) groups excluding carboxylic acids is 1. The van der Waals surface area contributed by atoms with Crippen molar-refractivity contribution in [3.05, 3.63) is 76.4 Å². The SMILES string of the molecule is O=C(O)NCCOCCOCCOCCN1CCC(CNC(=O)c2cccc(-c3noc(C(F)(F)F)n3)c2)(c2nc(-c3ccccc3)cs2)CC1. The van der Waals surface area contributed by atoms with Crippen LogP contribution in [0.15, 0.2) is 64.5 Å². The van der Waals surface area contributed by atoms with Crippen LogP contribution in [0.4, 0.5) is 18.0 Å². The van der Waals surface area contributed by atoms with E-state index in [1.807, 2.05) is 35.7 Å². The van der Waals surface area contributed by atoms with Crippen molar-refractivity contribution in [2.45, 2.75) is 24.4 Å². The summed E-state index contributed by atoms with van der Waals surface area (Å²) in [5.74, 6) is -2.10. The predicted octanol–water partition coefficient (Wildman–Crippen LogP) is 4.96. The van der Waals surface area contributed by atoms with E-state index in [-0.39, 0.29) is 36.0 Å². The van der Waals surface area contributed by atoms with Crippen LogP contribution in [0.1, 0.15) is 34.1 Å². The van der Waals surface area contributed by atoms with Crippen LogP contribution in [0.5, 0.6) is 0 Å². The minimum atomic E-state index is -4.77. The quantitative estimate of drug-likeness (QED) is 0.119. The van der Waals surface area contributed by atoms with Crippen LogP contribution >= 0.6 is 11.3 Å². The van der Waals surface area contributed by atoms with Crippen LogP contribution in [-0.4, -0.2) is 109 Å². The first-order valence-electron chi connectivity index (χ1n) is 16.4. The molecule has 2 aromatic carbocycles. The minimum absolute atomic E-state index is 0.223. The molecule has 3 heterocycles. The van der Waals surface area contributed by atoms with E-state index in [1.54, 1.807) is 23.5 Å². The molecule has 4 aromatic rings. The highest BCUT2D eigenvalue weighted by Gasteiger charge is 2.40. The van der Waals surface area contributed by atoms with E-state index >= 15 is 0 Å². The molecule has 2 amide bonds. The number of ether oxygens (including phenoxy) is 3. The van der Waals surface area contributed by atoms with Gasteiger partial charge in [-0.05, 0) is 38.1 Å². The van der Waals surface area contributed by atoms with Gasteiger partial charge in [-0.3, -0.25) is 4.79 Å². The third kappa shape index (κ3) is 11.0. The normalized spacial score (nSPS) is 14.7. The second kappa shape index (κ2) is 18.2. The molecule has 5 rings (SSSR count). The van der Waals surface area contributed by atoms with Gasteiger partial charge in [-0.25, -0.2) is 9.78 Å². The molecule has 51 heavy (non-hydrogen) atoms. The minimum Gasteiger partial charge on any atom is -0.465 e. The van der Waals surface area contributed by atoms with Crippen molar-refractivity contribution in [1.82, 2.24) is 30.7 Å². The zero-order valence-electron chi connectivity index (χ0n) is 27.7. The molecule has 0 aliphatic carbocycles. The average molecular weight is 733 g/mol. The van der Waals surface area contributed by atoms with Gasteiger partial charge in [0.15, 0.2) is 0 Å². The number of piperidine rings is 1. The Hall–Kier alpha value is -4.42. The summed E-state index contributed by atoms with van der Waals surface area (Å²) in [6.45, 7) is 5.20. The molecule has 0 unspecified atom stereocenters. The Morgan fingerprint density at radius 2 is 1.59 bits per heavy atom. The molecule has 1 aliphatic heterocycles. The molecule has 0 spiro atoms. The summed E-state index contributed by atoms with van der Waals surface area (Å²) in [4.78, 5) is 34.6. The fraction of sp³-hybridized carbons (Fsp3) is 0.441. The number of amides is 2. The summed E-state index contributed by atoms with van der Waals surface area (Å²) in [5, 5.41) is 20.2. The van der Waals surface area contributed by atoms with Crippen molar-refractivity contribution in [3.8, 4) is 22.6 Å². The zero-order valence-corrected chi connectivity index (χ0v) is 28.5. The number of hydrogen-bond acceptors (Lipinski definition) is 11. The average Bonchev–Trinajstić information content (AvgIpc) is 3.84. The fourth-order valence-electron chi connectivity index (χ4n) is 5.50. The van der Waals surface area contributed by atoms with Crippen LogP contribution in [0.25, 0.3) is 22.6 Å². The summed E-state index contributed by atoms with van der Waals surface area (Å²) in [5.41, 5.74) is 1.92. The number of thiazole rings is 1. The number of nitrogens with zero attached hydrogens (tertiary/aromatic N) is 4. The first kappa shape index (κ1) is 37.8. The molecule has 17 heteroatoms. The standard InChI is InChI=1S/C34H39F3N6O7S/c35-34(36,37)30-41-28(42-50-30)25-7-4-8-26(21-25)29(44)39-23-33(31-40-27(22-51-31)24-5-2-1-3-6-24)9-12-43(13-10-33)14-16-48-18-20-49-19-17-47-15-11-38-32(45)46/h1-8,21-22,38H,9-20,23H2,(H,39,44)(H,45,46). The maximum absolute atomic E-state index is 13.4. The molecule has 0 radical (unpaired) electrons. The van der Waals surface area contributed by atoms with Crippen molar-refractivity contribution in [3.63, 3.8) is 0 Å². The van der Waals surface area contributed by atoms with Crippen LogP contribution in [0.2, 0.25) is 0 Å². The highest BCUT2D eigenvalue weighted by Crippen LogP contribution is 2.38. The van der Waals surface area contributed by atoms with Gasteiger partial charge in [-0.15, -0.1) is 11.3 Å². The molecular formula is C34H39F3N6O7S. The van der Waals surface area contributed by atoms with E-state index in [0.717, 1.165) is 48.7 Å². The van der Waals surface area contributed by atoms with Crippen LogP contribution in [-0.2, 0) is 25.8 Å². The topological polar surface area (TPSA) is 161 Å². The Morgan fingerprint density at radius 3 is 2.27 bits per heavy atom. The molecule has 1 saturated heterocycles. The van der Waals surface area contributed by atoms with Gasteiger partial charge in [-0.1, -0.05) is 47.6 Å². The summed E-state index contributed by atoms with van der Waals surface area (Å²) in [6, 6.07) is 16.0. The molecule has 0 atom stereocenters. The highest BCUT2D eigenvalue weighted by molar-refractivity contribution is 7.10. The van der Waals surface area contributed by atoms with E-state index in [4.69, 9.17) is 24.3 Å². The van der Waals surface area contributed by atoms with E-state index in [0.29, 0.717) is 39.6 Å². The smallest absolute Gasteiger partial charge is 0.465 e. The lowest BCUT2D eigenvalue weighted by Gasteiger charge is -2.40. The largest absolute Gasteiger partial charge is 0.471 e. The lowest BCUT2D eigenvalue weighted by atomic mass is 9.78. The van der Waals surface area contributed by atoms with Crippen LogP contribution in [0.3, 0.4) is 0 Å². The number of benzene rings is 2. The number of carboxylic acid groups (broad SMARTS) is 1. The maximum Gasteiger partial charge on any atom is 0.471 e. The second-order valence-electron chi connectivity index (χ2n) is 11.8. The van der Waals surface area contributed by atoms with E-state index in [2.05, 4.69) is 30.2 Å². The van der Waals surface area contributed by atoms with Gasteiger partial charge in [0, 0.05) is 47.1 Å². The molecule has 3 N–H and O–H groups in total. The van der Waals surface area contributed by atoms with Crippen molar-refractivity contribution in [1.29, 1.82) is 0 Å². The van der Waals surface area contributed by atoms with Gasteiger partial charge in [-0.2, -0.15) is 18.2 Å². The molecule has 1 aliphatic rings. The number of aromatic nitrogens is 3. The number of carbonyl (C=O) groups is 2. The van der Waals surface area contributed by atoms with Crippen molar-refractivity contribution >= 4 is 23.3 Å². The summed E-state index contributed by atoms with van der Waals surface area (Å²) in [6.07, 6.45) is -4.38. The summed E-state index contributed by atoms with van der Waals surface area (Å²) >= 11 is 1.57. The van der Waals surface area contributed by atoms with Gasteiger partial charge in [0.1, 0.15) is 5.01 Å². The Morgan fingerprint density at radius 1 is 0.902 bits per heavy atom. The van der Waals surface area contributed by atoms with Gasteiger partial charge >= 0.3 is 18.2 Å².